The first-order chi connectivity index (χ1) is 8.30. The van der Waals surface area contributed by atoms with E-state index >= 15 is 0 Å². The van der Waals surface area contributed by atoms with Gasteiger partial charge in [0.25, 0.3) is 0 Å². The second-order valence-corrected chi connectivity index (χ2v) is 6.89. The summed E-state index contributed by atoms with van der Waals surface area (Å²) in [5, 5.41) is 6.49. The first-order valence-electron chi connectivity index (χ1n) is 7.34. The Morgan fingerprint density at radius 3 is 2.28 bits per heavy atom. The quantitative estimate of drug-likeness (QED) is 0.792. The van der Waals surface area contributed by atoms with Crippen molar-refractivity contribution in [2.24, 2.45) is 11.3 Å². The summed E-state index contributed by atoms with van der Waals surface area (Å²) in [5.74, 6) is 0.710. The van der Waals surface area contributed by atoms with Gasteiger partial charge in [-0.25, -0.2) is 0 Å². The van der Waals surface area contributed by atoms with Crippen LogP contribution in [0.3, 0.4) is 0 Å². The summed E-state index contributed by atoms with van der Waals surface area (Å²) in [6.45, 7) is 11.8. The molecule has 0 bridgehead atoms. The van der Waals surface area contributed by atoms with Gasteiger partial charge in [-0.1, -0.05) is 40.5 Å². The highest BCUT2D eigenvalue weighted by molar-refractivity contribution is 5.81. The van der Waals surface area contributed by atoms with Gasteiger partial charge in [0, 0.05) is 6.04 Å². The Morgan fingerprint density at radius 1 is 1.22 bits per heavy atom. The Bertz CT molecular complexity index is 264. The Labute approximate surface area is 112 Å². The van der Waals surface area contributed by atoms with Crippen molar-refractivity contribution < 1.29 is 4.79 Å². The molecule has 3 nitrogen and oxygen atoms in total. The van der Waals surface area contributed by atoms with Crippen LogP contribution in [0.15, 0.2) is 0 Å². The van der Waals surface area contributed by atoms with E-state index in [0.29, 0.717) is 12.0 Å². The molecule has 1 saturated carbocycles. The van der Waals surface area contributed by atoms with Crippen molar-refractivity contribution in [3.63, 3.8) is 0 Å². The smallest absolute Gasteiger partial charge is 0.237 e. The highest BCUT2D eigenvalue weighted by Crippen LogP contribution is 2.24. The van der Waals surface area contributed by atoms with Crippen molar-refractivity contribution in [3.05, 3.63) is 0 Å². The summed E-state index contributed by atoms with van der Waals surface area (Å²) in [6, 6.07) is 0.331. The molecule has 18 heavy (non-hydrogen) atoms. The van der Waals surface area contributed by atoms with Crippen LogP contribution in [0.4, 0.5) is 0 Å². The van der Waals surface area contributed by atoms with E-state index in [4.69, 9.17) is 0 Å². The molecule has 0 heterocycles. The molecule has 1 rings (SSSR count). The van der Waals surface area contributed by atoms with Gasteiger partial charge in [-0.15, -0.1) is 0 Å². The van der Waals surface area contributed by atoms with Crippen molar-refractivity contribution in [2.75, 3.05) is 6.54 Å². The van der Waals surface area contributed by atoms with Crippen molar-refractivity contribution in [3.8, 4) is 0 Å². The first-order valence-corrected chi connectivity index (χ1v) is 7.34. The maximum atomic E-state index is 12.0. The van der Waals surface area contributed by atoms with Crippen LogP contribution >= 0.6 is 0 Å². The van der Waals surface area contributed by atoms with Crippen LogP contribution in [0.5, 0.6) is 0 Å². The molecule has 1 fully saturated rings. The van der Waals surface area contributed by atoms with Crippen LogP contribution in [0, 0.1) is 11.3 Å². The van der Waals surface area contributed by atoms with Gasteiger partial charge in [0.2, 0.25) is 5.91 Å². The molecule has 0 aliphatic heterocycles. The van der Waals surface area contributed by atoms with E-state index in [1.165, 1.54) is 12.8 Å². The molecule has 2 N–H and O–H groups in total. The number of hydrogen-bond acceptors (Lipinski definition) is 2. The number of hydrogen-bond donors (Lipinski definition) is 2. The highest BCUT2D eigenvalue weighted by Gasteiger charge is 2.23. The summed E-state index contributed by atoms with van der Waals surface area (Å²) in [5.41, 5.74) is 0.286. The van der Waals surface area contributed by atoms with E-state index in [1.807, 2.05) is 6.92 Å². The molecule has 0 spiro atoms. The third-order valence-electron chi connectivity index (χ3n) is 4.30. The fourth-order valence-electron chi connectivity index (χ4n) is 2.15. The maximum absolute atomic E-state index is 12.0. The molecular weight excluding hydrogens is 224 g/mol. The van der Waals surface area contributed by atoms with Gasteiger partial charge in [0.05, 0.1) is 6.04 Å². The summed E-state index contributed by atoms with van der Waals surface area (Å²) < 4.78 is 0. The minimum atomic E-state index is -0.0876. The van der Waals surface area contributed by atoms with Crippen LogP contribution in [0.25, 0.3) is 0 Å². The maximum Gasteiger partial charge on any atom is 0.237 e. The molecule has 3 heteroatoms. The molecule has 106 valence electrons. The molecular formula is C15H30N2O. The van der Waals surface area contributed by atoms with Crippen LogP contribution in [-0.2, 0) is 4.79 Å². The lowest BCUT2D eigenvalue weighted by atomic mass is 9.82. The van der Waals surface area contributed by atoms with Gasteiger partial charge < -0.3 is 10.6 Å². The SMILES string of the molecule is CC(NCC(C)C(C)(C)C)C(=O)NC1CCCC1. The lowest BCUT2D eigenvalue weighted by molar-refractivity contribution is -0.123. The van der Waals surface area contributed by atoms with Crippen molar-refractivity contribution in [2.45, 2.75) is 72.4 Å². The number of amides is 1. The van der Waals surface area contributed by atoms with Crippen molar-refractivity contribution in [1.82, 2.24) is 10.6 Å². The third-order valence-corrected chi connectivity index (χ3v) is 4.30. The summed E-state index contributed by atoms with van der Waals surface area (Å²) in [6.07, 6.45) is 4.81. The number of rotatable bonds is 5. The van der Waals surface area contributed by atoms with Gasteiger partial charge >= 0.3 is 0 Å². The Balaban J connectivity index is 2.27. The minimum Gasteiger partial charge on any atom is -0.352 e. The largest absolute Gasteiger partial charge is 0.352 e. The van der Waals surface area contributed by atoms with Gasteiger partial charge in [-0.3, -0.25) is 4.79 Å². The molecule has 0 aromatic rings. The number of nitrogens with one attached hydrogen (secondary N) is 2. The predicted octanol–water partition coefficient (Wildman–Crippen LogP) is 2.71. The second kappa shape index (κ2) is 6.55. The van der Waals surface area contributed by atoms with E-state index in [1.54, 1.807) is 0 Å². The zero-order chi connectivity index (χ0) is 13.8. The monoisotopic (exact) mass is 254 g/mol. The lowest BCUT2D eigenvalue weighted by Gasteiger charge is -2.28. The summed E-state index contributed by atoms with van der Waals surface area (Å²) in [4.78, 5) is 12.0. The Hall–Kier alpha value is -0.570. The molecule has 2 unspecified atom stereocenters. The Morgan fingerprint density at radius 2 is 1.78 bits per heavy atom. The van der Waals surface area contributed by atoms with E-state index in [9.17, 15) is 4.79 Å². The van der Waals surface area contributed by atoms with Crippen LogP contribution in [0.2, 0.25) is 0 Å². The molecule has 0 aromatic carbocycles. The molecule has 1 aliphatic carbocycles. The molecule has 0 aromatic heterocycles. The van der Waals surface area contributed by atoms with E-state index < -0.39 is 0 Å². The highest BCUT2D eigenvalue weighted by atomic mass is 16.2. The van der Waals surface area contributed by atoms with Crippen LogP contribution < -0.4 is 10.6 Å². The minimum absolute atomic E-state index is 0.0876. The molecule has 2 atom stereocenters. The van der Waals surface area contributed by atoms with E-state index in [0.717, 1.165) is 19.4 Å². The molecule has 1 aliphatic rings. The zero-order valence-electron chi connectivity index (χ0n) is 12.7. The molecule has 1 amide bonds. The predicted molar refractivity (Wildman–Crippen MR) is 76.5 cm³/mol. The topological polar surface area (TPSA) is 41.1 Å². The first kappa shape index (κ1) is 15.5. The average molecular weight is 254 g/mol. The normalized spacial score (nSPS) is 20.7. The van der Waals surface area contributed by atoms with Gasteiger partial charge in [0.15, 0.2) is 0 Å². The average Bonchev–Trinajstić information content (AvgIpc) is 2.76. The standard InChI is InChI=1S/C15H30N2O/c1-11(15(3,4)5)10-16-12(2)14(18)17-13-8-6-7-9-13/h11-13,16H,6-10H2,1-5H3,(H,17,18). The third kappa shape index (κ3) is 4.97. The second-order valence-electron chi connectivity index (χ2n) is 6.89. The fraction of sp³-hybridized carbons (Fsp3) is 0.933. The number of carbonyl (C=O) groups is 1. The fourth-order valence-corrected chi connectivity index (χ4v) is 2.15. The molecule has 0 radical (unpaired) electrons. The van der Waals surface area contributed by atoms with Crippen LogP contribution in [-0.4, -0.2) is 24.5 Å². The van der Waals surface area contributed by atoms with Gasteiger partial charge in [0.1, 0.15) is 0 Å². The van der Waals surface area contributed by atoms with Crippen molar-refractivity contribution in [1.29, 1.82) is 0 Å². The number of carbonyl (C=O) groups excluding carboxylic acids is 1. The summed E-state index contributed by atoms with van der Waals surface area (Å²) in [7, 11) is 0. The lowest BCUT2D eigenvalue weighted by Crippen LogP contribution is -2.47. The molecule has 0 saturated heterocycles. The zero-order valence-corrected chi connectivity index (χ0v) is 12.7. The summed E-state index contributed by atoms with van der Waals surface area (Å²) >= 11 is 0. The van der Waals surface area contributed by atoms with E-state index in [-0.39, 0.29) is 17.4 Å². The van der Waals surface area contributed by atoms with Crippen molar-refractivity contribution >= 4 is 5.91 Å². The van der Waals surface area contributed by atoms with E-state index in [2.05, 4.69) is 38.3 Å². The Kier molecular flexibility index (Phi) is 5.64. The van der Waals surface area contributed by atoms with Gasteiger partial charge in [-0.05, 0) is 37.6 Å². The van der Waals surface area contributed by atoms with Crippen LogP contribution in [0.1, 0.15) is 60.3 Å². The van der Waals surface area contributed by atoms with Gasteiger partial charge in [-0.2, -0.15) is 0 Å².